The Labute approximate surface area is 170 Å². The van der Waals surface area contributed by atoms with E-state index in [0.717, 1.165) is 26.4 Å². The lowest BCUT2D eigenvalue weighted by Gasteiger charge is -2.14. The van der Waals surface area contributed by atoms with Crippen molar-refractivity contribution < 1.29 is 4.42 Å². The number of rotatable bonds is 1. The minimum absolute atomic E-state index is 0.924. The van der Waals surface area contributed by atoms with Crippen LogP contribution >= 0.6 is 15.9 Å². The molecular weight excluding hydrogens is 408 g/mol. The molecule has 5 aromatic carbocycles. The van der Waals surface area contributed by atoms with E-state index < -0.39 is 0 Å². The highest BCUT2D eigenvalue weighted by Crippen LogP contribution is 2.44. The Kier molecular flexibility index (Phi) is 3.38. The summed E-state index contributed by atoms with van der Waals surface area (Å²) in [6, 6.07) is 31.9. The molecule has 1 nitrogen and oxygen atoms in total. The van der Waals surface area contributed by atoms with E-state index in [1.54, 1.807) is 0 Å². The van der Waals surface area contributed by atoms with E-state index in [4.69, 9.17) is 4.42 Å². The number of benzene rings is 5. The molecule has 6 rings (SSSR count). The number of furan rings is 1. The molecule has 1 heterocycles. The summed E-state index contributed by atoms with van der Waals surface area (Å²) in [6.07, 6.45) is 0. The quantitative estimate of drug-likeness (QED) is 0.242. The maximum Gasteiger partial charge on any atom is 0.136 e. The van der Waals surface area contributed by atoms with E-state index in [1.165, 1.54) is 32.7 Å². The average molecular weight is 423 g/mol. The predicted octanol–water partition coefficient (Wildman–Crippen LogP) is 8.32. The van der Waals surface area contributed by atoms with Crippen molar-refractivity contribution in [3.05, 3.63) is 95.5 Å². The van der Waals surface area contributed by atoms with E-state index in [0.29, 0.717) is 0 Å². The van der Waals surface area contributed by atoms with Crippen molar-refractivity contribution in [3.63, 3.8) is 0 Å². The molecule has 0 spiro atoms. The molecule has 0 unspecified atom stereocenters. The summed E-state index contributed by atoms with van der Waals surface area (Å²) in [7, 11) is 0. The summed E-state index contributed by atoms with van der Waals surface area (Å²) >= 11 is 3.90. The number of halogens is 1. The molecule has 0 radical (unpaired) electrons. The minimum Gasteiger partial charge on any atom is -0.456 e. The second kappa shape index (κ2) is 5.95. The highest BCUT2D eigenvalue weighted by atomic mass is 79.9. The largest absolute Gasteiger partial charge is 0.456 e. The Hall–Kier alpha value is -3.10. The Morgan fingerprint density at radius 1 is 0.500 bits per heavy atom. The molecule has 132 valence electrons. The molecule has 0 aliphatic heterocycles. The van der Waals surface area contributed by atoms with E-state index in [-0.39, 0.29) is 0 Å². The molecule has 0 saturated carbocycles. The lowest BCUT2D eigenvalue weighted by Crippen LogP contribution is -1.87. The van der Waals surface area contributed by atoms with E-state index >= 15 is 0 Å². The summed E-state index contributed by atoms with van der Waals surface area (Å²) in [5.41, 5.74) is 4.31. The van der Waals surface area contributed by atoms with Crippen LogP contribution in [0.3, 0.4) is 0 Å². The van der Waals surface area contributed by atoms with Crippen molar-refractivity contribution >= 4 is 59.4 Å². The zero-order valence-corrected chi connectivity index (χ0v) is 16.5. The number of fused-ring (bicyclic) bond motifs is 5. The molecular formula is C26H15BrO. The third kappa shape index (κ3) is 2.18. The van der Waals surface area contributed by atoms with Crippen LogP contribution in [0, 0.1) is 0 Å². The van der Waals surface area contributed by atoms with Gasteiger partial charge in [-0.15, -0.1) is 0 Å². The van der Waals surface area contributed by atoms with Crippen LogP contribution in [0.15, 0.2) is 99.9 Å². The molecule has 0 bridgehead atoms. The van der Waals surface area contributed by atoms with Crippen LogP contribution in [-0.2, 0) is 0 Å². The van der Waals surface area contributed by atoms with Gasteiger partial charge in [-0.3, -0.25) is 0 Å². The molecule has 0 amide bonds. The van der Waals surface area contributed by atoms with Crippen LogP contribution in [0.1, 0.15) is 0 Å². The fraction of sp³-hybridized carbons (Fsp3) is 0. The monoisotopic (exact) mass is 422 g/mol. The Balaban J connectivity index is 1.88. The SMILES string of the molecule is Brc1c2ccccc2c(-c2ccccc2)c2cc3oc4ccccc4c3cc12. The van der Waals surface area contributed by atoms with Gasteiger partial charge >= 0.3 is 0 Å². The van der Waals surface area contributed by atoms with Crippen molar-refractivity contribution in [2.75, 3.05) is 0 Å². The molecule has 0 aliphatic rings. The van der Waals surface area contributed by atoms with Crippen LogP contribution in [0.5, 0.6) is 0 Å². The smallest absolute Gasteiger partial charge is 0.136 e. The second-order valence-electron chi connectivity index (χ2n) is 7.09. The third-order valence-corrected chi connectivity index (χ3v) is 6.37. The number of hydrogen-bond donors (Lipinski definition) is 0. The van der Waals surface area contributed by atoms with Gasteiger partial charge in [0.05, 0.1) is 0 Å². The lowest BCUT2D eigenvalue weighted by atomic mass is 9.91. The molecule has 0 aliphatic carbocycles. The van der Waals surface area contributed by atoms with Crippen molar-refractivity contribution in [2.24, 2.45) is 0 Å². The van der Waals surface area contributed by atoms with Crippen molar-refractivity contribution in [1.29, 1.82) is 0 Å². The van der Waals surface area contributed by atoms with Gasteiger partial charge in [0.15, 0.2) is 0 Å². The maximum absolute atomic E-state index is 6.19. The third-order valence-electron chi connectivity index (χ3n) is 5.52. The normalized spacial score (nSPS) is 11.8. The molecule has 2 heteroatoms. The fourth-order valence-corrected chi connectivity index (χ4v) is 4.93. The first kappa shape index (κ1) is 15.9. The predicted molar refractivity (Wildman–Crippen MR) is 122 cm³/mol. The van der Waals surface area contributed by atoms with Gasteiger partial charge in [-0.05, 0) is 66.8 Å². The van der Waals surface area contributed by atoms with Crippen LogP contribution in [0.25, 0.3) is 54.6 Å². The lowest BCUT2D eigenvalue weighted by molar-refractivity contribution is 0.669. The molecule has 0 atom stereocenters. The maximum atomic E-state index is 6.19. The molecule has 0 N–H and O–H groups in total. The van der Waals surface area contributed by atoms with Gasteiger partial charge in [-0.1, -0.05) is 72.8 Å². The van der Waals surface area contributed by atoms with E-state index in [9.17, 15) is 0 Å². The van der Waals surface area contributed by atoms with Crippen LogP contribution in [0.4, 0.5) is 0 Å². The van der Waals surface area contributed by atoms with Gasteiger partial charge in [0, 0.05) is 15.2 Å². The van der Waals surface area contributed by atoms with Crippen LogP contribution in [0.2, 0.25) is 0 Å². The van der Waals surface area contributed by atoms with Crippen LogP contribution in [-0.4, -0.2) is 0 Å². The van der Waals surface area contributed by atoms with Gasteiger partial charge < -0.3 is 4.42 Å². The first-order valence-corrected chi connectivity index (χ1v) is 10.1. The zero-order valence-electron chi connectivity index (χ0n) is 14.9. The highest BCUT2D eigenvalue weighted by molar-refractivity contribution is 9.10. The second-order valence-corrected chi connectivity index (χ2v) is 7.89. The number of hydrogen-bond acceptors (Lipinski definition) is 1. The number of para-hydroxylation sites is 1. The molecule has 1 aromatic heterocycles. The topological polar surface area (TPSA) is 13.1 Å². The Bertz CT molecular complexity index is 1510. The Morgan fingerprint density at radius 2 is 1.18 bits per heavy atom. The first-order valence-electron chi connectivity index (χ1n) is 9.32. The van der Waals surface area contributed by atoms with Gasteiger partial charge in [0.2, 0.25) is 0 Å². The van der Waals surface area contributed by atoms with Crippen molar-refractivity contribution in [3.8, 4) is 11.1 Å². The molecule has 0 saturated heterocycles. The van der Waals surface area contributed by atoms with Crippen LogP contribution < -0.4 is 0 Å². The molecule has 0 fully saturated rings. The summed E-state index contributed by atoms with van der Waals surface area (Å²) in [4.78, 5) is 0. The highest BCUT2D eigenvalue weighted by Gasteiger charge is 2.16. The minimum atomic E-state index is 0.924. The first-order chi connectivity index (χ1) is 13.8. The molecule has 6 aromatic rings. The summed E-state index contributed by atoms with van der Waals surface area (Å²) < 4.78 is 7.32. The van der Waals surface area contributed by atoms with E-state index in [2.05, 4.69) is 94.8 Å². The Morgan fingerprint density at radius 3 is 2.00 bits per heavy atom. The summed E-state index contributed by atoms with van der Waals surface area (Å²) in [5.74, 6) is 0. The zero-order chi connectivity index (χ0) is 18.7. The van der Waals surface area contributed by atoms with Gasteiger partial charge in [-0.2, -0.15) is 0 Å². The van der Waals surface area contributed by atoms with E-state index in [1.807, 2.05) is 12.1 Å². The summed E-state index contributed by atoms with van der Waals surface area (Å²) in [6.45, 7) is 0. The van der Waals surface area contributed by atoms with Gasteiger partial charge in [0.25, 0.3) is 0 Å². The van der Waals surface area contributed by atoms with Crippen molar-refractivity contribution in [1.82, 2.24) is 0 Å². The van der Waals surface area contributed by atoms with Gasteiger partial charge in [0.1, 0.15) is 11.2 Å². The average Bonchev–Trinajstić information content (AvgIpc) is 3.11. The standard InChI is InChI=1S/C26H15BrO/c27-26-19-12-5-4-11-18(19)25(16-8-2-1-3-9-16)21-15-24-20(14-22(21)26)17-10-6-7-13-23(17)28-24/h1-15H. The molecule has 28 heavy (non-hydrogen) atoms. The van der Waals surface area contributed by atoms with Crippen molar-refractivity contribution in [2.45, 2.75) is 0 Å². The summed E-state index contributed by atoms with van der Waals surface area (Å²) in [5, 5.41) is 7.17. The fourth-order valence-electron chi connectivity index (χ4n) is 4.26. The van der Waals surface area contributed by atoms with Gasteiger partial charge in [-0.25, -0.2) is 0 Å².